The van der Waals surface area contributed by atoms with Crippen LogP contribution in [0.3, 0.4) is 0 Å². The second kappa shape index (κ2) is 4.11. The maximum Gasteiger partial charge on any atom is 0.303 e. The Morgan fingerprint density at radius 3 is 2.88 bits per heavy atom. The molecule has 0 saturated heterocycles. The van der Waals surface area contributed by atoms with Gasteiger partial charge in [0, 0.05) is 6.21 Å². The summed E-state index contributed by atoms with van der Waals surface area (Å²) >= 11 is 0. The van der Waals surface area contributed by atoms with Gasteiger partial charge in [-0.25, -0.2) is 0 Å². The molecular formula is C4H8N2O2. The van der Waals surface area contributed by atoms with Gasteiger partial charge >= 0.3 is 5.97 Å². The van der Waals surface area contributed by atoms with Gasteiger partial charge in [0.15, 0.2) is 0 Å². The van der Waals surface area contributed by atoms with Gasteiger partial charge in [-0.3, -0.25) is 4.79 Å². The van der Waals surface area contributed by atoms with Crippen molar-refractivity contribution in [3.8, 4) is 0 Å². The molecule has 0 amide bonds. The Bertz CT molecular complexity index is 100. The maximum absolute atomic E-state index is 9.77. The Kier molecular flexibility index (Phi) is 3.56. The zero-order chi connectivity index (χ0) is 6.41. The highest BCUT2D eigenvalue weighted by Crippen LogP contribution is 1.81. The molecule has 0 aliphatic carbocycles. The first-order chi connectivity index (χ1) is 3.77. The standard InChI is InChI=1S/C4H8N2O2/c5-6-3-1-2-4(7)8/h3H,1-2,5H2,(H,7,8)/b6-3+. The fourth-order valence-corrected chi connectivity index (χ4v) is 0.263. The molecular weight excluding hydrogens is 108 g/mol. The van der Waals surface area contributed by atoms with Crippen molar-refractivity contribution in [2.24, 2.45) is 10.9 Å². The average molecular weight is 116 g/mol. The molecule has 4 heteroatoms. The summed E-state index contributed by atoms with van der Waals surface area (Å²) in [6.45, 7) is 0. The third-order valence-corrected chi connectivity index (χ3v) is 0.593. The molecule has 0 rings (SSSR count). The number of carboxylic acids is 1. The predicted octanol–water partition coefficient (Wildman–Crippen LogP) is -0.204. The van der Waals surface area contributed by atoms with Crippen LogP contribution in [-0.4, -0.2) is 17.3 Å². The van der Waals surface area contributed by atoms with Gasteiger partial charge in [0.2, 0.25) is 0 Å². The van der Waals surface area contributed by atoms with Gasteiger partial charge in [-0.15, -0.1) is 0 Å². The molecule has 0 spiro atoms. The molecule has 0 radical (unpaired) electrons. The molecule has 46 valence electrons. The van der Waals surface area contributed by atoms with Crippen molar-refractivity contribution in [1.82, 2.24) is 0 Å². The van der Waals surface area contributed by atoms with E-state index >= 15 is 0 Å². The Balaban J connectivity index is 3.05. The van der Waals surface area contributed by atoms with Gasteiger partial charge in [-0.05, 0) is 6.42 Å². The van der Waals surface area contributed by atoms with E-state index in [1.54, 1.807) is 0 Å². The van der Waals surface area contributed by atoms with Crippen LogP contribution in [-0.2, 0) is 4.79 Å². The molecule has 0 bridgehead atoms. The summed E-state index contributed by atoms with van der Waals surface area (Å²) in [5.41, 5.74) is 0. The lowest BCUT2D eigenvalue weighted by atomic mass is 10.3. The van der Waals surface area contributed by atoms with E-state index in [0.29, 0.717) is 6.42 Å². The van der Waals surface area contributed by atoms with Gasteiger partial charge in [0.05, 0.1) is 6.42 Å². The van der Waals surface area contributed by atoms with E-state index in [9.17, 15) is 4.79 Å². The molecule has 3 N–H and O–H groups in total. The summed E-state index contributed by atoms with van der Waals surface area (Å²) in [7, 11) is 0. The normalized spacial score (nSPS) is 10.0. The molecule has 8 heavy (non-hydrogen) atoms. The average Bonchev–Trinajstić information content (AvgIpc) is 1.66. The van der Waals surface area contributed by atoms with Crippen LogP contribution in [0.1, 0.15) is 12.8 Å². The van der Waals surface area contributed by atoms with E-state index in [1.807, 2.05) is 0 Å². The quantitative estimate of drug-likeness (QED) is 0.304. The molecule has 0 aromatic heterocycles. The molecule has 0 aromatic rings. The number of carbonyl (C=O) groups is 1. The number of aliphatic carboxylic acids is 1. The van der Waals surface area contributed by atoms with Crippen molar-refractivity contribution in [3.63, 3.8) is 0 Å². The molecule has 0 unspecified atom stereocenters. The maximum atomic E-state index is 9.77. The van der Waals surface area contributed by atoms with Crippen LogP contribution in [0.2, 0.25) is 0 Å². The van der Waals surface area contributed by atoms with E-state index < -0.39 is 5.97 Å². The van der Waals surface area contributed by atoms with Gasteiger partial charge in [0.25, 0.3) is 0 Å². The monoisotopic (exact) mass is 116 g/mol. The Hall–Kier alpha value is -1.06. The second-order valence-electron chi connectivity index (χ2n) is 1.26. The lowest BCUT2D eigenvalue weighted by Crippen LogP contribution is -1.94. The van der Waals surface area contributed by atoms with Gasteiger partial charge in [0.1, 0.15) is 0 Å². The van der Waals surface area contributed by atoms with E-state index in [0.717, 1.165) is 0 Å². The highest BCUT2D eigenvalue weighted by Gasteiger charge is 1.90. The topological polar surface area (TPSA) is 75.7 Å². The summed E-state index contributed by atoms with van der Waals surface area (Å²) in [5.74, 6) is 3.86. The van der Waals surface area contributed by atoms with Crippen LogP contribution in [0.25, 0.3) is 0 Å². The molecule has 0 atom stereocenters. The third-order valence-electron chi connectivity index (χ3n) is 0.593. The van der Waals surface area contributed by atoms with Crippen LogP contribution in [0.5, 0.6) is 0 Å². The Morgan fingerprint density at radius 1 is 1.88 bits per heavy atom. The minimum absolute atomic E-state index is 0.0979. The van der Waals surface area contributed by atoms with Crippen molar-refractivity contribution in [3.05, 3.63) is 0 Å². The number of nitrogens with zero attached hydrogens (tertiary/aromatic N) is 1. The molecule has 0 fully saturated rings. The van der Waals surface area contributed by atoms with E-state index in [2.05, 4.69) is 5.10 Å². The SMILES string of the molecule is N/N=C/CCC(=O)O. The molecule has 0 aliphatic heterocycles. The molecule has 0 aliphatic rings. The van der Waals surface area contributed by atoms with Crippen molar-refractivity contribution < 1.29 is 9.90 Å². The van der Waals surface area contributed by atoms with Crippen LogP contribution in [0, 0.1) is 0 Å². The Labute approximate surface area is 47.0 Å². The predicted molar refractivity (Wildman–Crippen MR) is 29.5 cm³/mol. The molecule has 0 aromatic carbocycles. The first-order valence-electron chi connectivity index (χ1n) is 2.21. The minimum atomic E-state index is -0.829. The highest BCUT2D eigenvalue weighted by atomic mass is 16.4. The number of nitrogens with two attached hydrogens (primary N) is 1. The Morgan fingerprint density at radius 2 is 2.50 bits per heavy atom. The highest BCUT2D eigenvalue weighted by molar-refractivity contribution is 5.71. The number of hydrazone groups is 1. The summed E-state index contributed by atoms with van der Waals surface area (Å²) in [6.07, 6.45) is 1.88. The third kappa shape index (κ3) is 4.94. The minimum Gasteiger partial charge on any atom is -0.481 e. The number of hydrogen-bond acceptors (Lipinski definition) is 3. The van der Waals surface area contributed by atoms with E-state index in [4.69, 9.17) is 10.9 Å². The second-order valence-corrected chi connectivity index (χ2v) is 1.26. The first kappa shape index (κ1) is 6.94. The van der Waals surface area contributed by atoms with Gasteiger partial charge in [-0.2, -0.15) is 5.10 Å². The zero-order valence-corrected chi connectivity index (χ0v) is 4.37. The molecule has 0 heterocycles. The molecule has 4 nitrogen and oxygen atoms in total. The summed E-state index contributed by atoms with van der Waals surface area (Å²) in [6, 6.07) is 0. The molecule has 0 saturated carbocycles. The first-order valence-corrected chi connectivity index (χ1v) is 2.21. The fourth-order valence-electron chi connectivity index (χ4n) is 0.263. The van der Waals surface area contributed by atoms with Crippen molar-refractivity contribution in [1.29, 1.82) is 0 Å². The van der Waals surface area contributed by atoms with Crippen molar-refractivity contribution >= 4 is 12.2 Å². The number of hydrogen-bond donors (Lipinski definition) is 2. The lowest BCUT2D eigenvalue weighted by Gasteiger charge is -1.82. The largest absolute Gasteiger partial charge is 0.481 e. The van der Waals surface area contributed by atoms with E-state index in [1.165, 1.54) is 6.21 Å². The van der Waals surface area contributed by atoms with Gasteiger partial charge in [-0.1, -0.05) is 0 Å². The number of carboxylic acid groups (broad SMARTS) is 1. The summed E-state index contributed by atoms with van der Waals surface area (Å²) in [5, 5.41) is 11.2. The van der Waals surface area contributed by atoms with Crippen molar-refractivity contribution in [2.45, 2.75) is 12.8 Å². The van der Waals surface area contributed by atoms with Crippen LogP contribution in [0.4, 0.5) is 0 Å². The van der Waals surface area contributed by atoms with Crippen LogP contribution < -0.4 is 5.84 Å². The van der Waals surface area contributed by atoms with Crippen molar-refractivity contribution in [2.75, 3.05) is 0 Å². The van der Waals surface area contributed by atoms with Gasteiger partial charge < -0.3 is 10.9 Å². The van der Waals surface area contributed by atoms with Crippen LogP contribution in [0.15, 0.2) is 5.10 Å². The smallest absolute Gasteiger partial charge is 0.303 e. The summed E-state index contributed by atoms with van der Waals surface area (Å²) < 4.78 is 0. The van der Waals surface area contributed by atoms with E-state index in [-0.39, 0.29) is 6.42 Å². The lowest BCUT2D eigenvalue weighted by molar-refractivity contribution is -0.136. The summed E-state index contributed by atoms with van der Waals surface area (Å²) in [4.78, 5) is 9.77. The zero-order valence-electron chi connectivity index (χ0n) is 4.37. The fraction of sp³-hybridized carbons (Fsp3) is 0.500. The van der Waals surface area contributed by atoms with Crippen LogP contribution >= 0.6 is 0 Å². The number of rotatable bonds is 3.